The second-order valence-electron chi connectivity index (χ2n) is 5.65. The molecule has 1 aromatic rings. The van der Waals surface area contributed by atoms with Gasteiger partial charge in [0.05, 0.1) is 11.0 Å². The standard InChI is InChI=1S/C14H19FN2O4/c1-14(2,6-5-13(18)19)7-8-16-11-4-3-10(15)9-12(11)17(20)21/h3-4,9,16H,5-8H2,1-2H3,(H,18,19). The summed E-state index contributed by atoms with van der Waals surface area (Å²) < 4.78 is 13.0. The minimum Gasteiger partial charge on any atom is -0.481 e. The van der Waals surface area contributed by atoms with E-state index in [0.29, 0.717) is 19.4 Å². The van der Waals surface area contributed by atoms with Crippen LogP contribution in [-0.4, -0.2) is 22.5 Å². The Bertz CT molecular complexity index is 532. The molecule has 0 saturated carbocycles. The number of aliphatic carboxylic acids is 1. The number of anilines is 1. The van der Waals surface area contributed by atoms with Crippen molar-refractivity contribution in [3.05, 3.63) is 34.1 Å². The van der Waals surface area contributed by atoms with Gasteiger partial charge in [-0.25, -0.2) is 4.39 Å². The van der Waals surface area contributed by atoms with Crippen LogP contribution in [0, 0.1) is 21.3 Å². The van der Waals surface area contributed by atoms with E-state index in [-0.39, 0.29) is 23.2 Å². The molecule has 2 N–H and O–H groups in total. The molecule has 1 aromatic carbocycles. The summed E-state index contributed by atoms with van der Waals surface area (Å²) >= 11 is 0. The number of nitro benzene ring substituents is 1. The molecule has 0 aliphatic carbocycles. The van der Waals surface area contributed by atoms with Crippen LogP contribution < -0.4 is 5.32 Å². The zero-order chi connectivity index (χ0) is 16.0. The number of carboxylic acid groups (broad SMARTS) is 1. The average Bonchev–Trinajstić information content (AvgIpc) is 2.38. The van der Waals surface area contributed by atoms with Crippen molar-refractivity contribution < 1.29 is 19.2 Å². The summed E-state index contributed by atoms with van der Waals surface area (Å²) in [7, 11) is 0. The molecule has 0 atom stereocenters. The van der Waals surface area contributed by atoms with Crippen molar-refractivity contribution >= 4 is 17.3 Å². The van der Waals surface area contributed by atoms with Gasteiger partial charge in [-0.1, -0.05) is 13.8 Å². The second kappa shape index (κ2) is 7.01. The summed E-state index contributed by atoms with van der Waals surface area (Å²) in [5.41, 5.74) is -0.242. The summed E-state index contributed by atoms with van der Waals surface area (Å²) in [5.74, 6) is -1.50. The molecule has 7 heteroatoms. The highest BCUT2D eigenvalue weighted by molar-refractivity contribution is 5.66. The lowest BCUT2D eigenvalue weighted by Crippen LogP contribution is -2.18. The van der Waals surface area contributed by atoms with Crippen LogP contribution in [0.4, 0.5) is 15.8 Å². The van der Waals surface area contributed by atoms with Crippen LogP contribution in [0.1, 0.15) is 33.1 Å². The SMILES string of the molecule is CC(C)(CCNc1ccc(F)cc1[N+](=O)[O-])CCC(=O)O. The van der Waals surface area contributed by atoms with E-state index in [4.69, 9.17) is 5.11 Å². The van der Waals surface area contributed by atoms with Gasteiger partial charge in [-0.15, -0.1) is 0 Å². The van der Waals surface area contributed by atoms with Gasteiger partial charge in [-0.05, 0) is 30.4 Å². The van der Waals surface area contributed by atoms with Crippen LogP contribution in [-0.2, 0) is 4.79 Å². The largest absolute Gasteiger partial charge is 0.481 e. The van der Waals surface area contributed by atoms with Crippen LogP contribution in [0.15, 0.2) is 18.2 Å². The first kappa shape index (κ1) is 16.9. The van der Waals surface area contributed by atoms with Crippen molar-refractivity contribution in [2.24, 2.45) is 5.41 Å². The molecule has 1 rings (SSSR count). The number of rotatable bonds is 8. The zero-order valence-corrected chi connectivity index (χ0v) is 12.1. The monoisotopic (exact) mass is 298 g/mol. The maximum atomic E-state index is 13.0. The fraction of sp³-hybridized carbons (Fsp3) is 0.500. The molecule has 0 bridgehead atoms. The van der Waals surface area contributed by atoms with Crippen LogP contribution in [0.3, 0.4) is 0 Å². The maximum absolute atomic E-state index is 13.0. The minimum atomic E-state index is -0.842. The summed E-state index contributed by atoms with van der Waals surface area (Å²) in [5, 5.41) is 22.4. The molecule has 0 spiro atoms. The molecule has 0 radical (unpaired) electrons. The molecule has 116 valence electrons. The van der Waals surface area contributed by atoms with Crippen molar-refractivity contribution in [3.63, 3.8) is 0 Å². The zero-order valence-electron chi connectivity index (χ0n) is 12.1. The van der Waals surface area contributed by atoms with E-state index in [1.54, 1.807) is 0 Å². The molecular formula is C14H19FN2O4. The number of benzene rings is 1. The second-order valence-corrected chi connectivity index (χ2v) is 5.65. The van der Waals surface area contributed by atoms with Crippen molar-refractivity contribution in [2.75, 3.05) is 11.9 Å². The van der Waals surface area contributed by atoms with Gasteiger partial charge in [0.15, 0.2) is 0 Å². The predicted molar refractivity (Wildman–Crippen MR) is 76.8 cm³/mol. The van der Waals surface area contributed by atoms with Crippen molar-refractivity contribution in [2.45, 2.75) is 33.1 Å². The van der Waals surface area contributed by atoms with E-state index in [0.717, 1.165) is 12.1 Å². The van der Waals surface area contributed by atoms with Crippen LogP contribution in [0.25, 0.3) is 0 Å². The Kier molecular flexibility index (Phi) is 5.63. The number of hydrogen-bond donors (Lipinski definition) is 2. The highest BCUT2D eigenvalue weighted by Gasteiger charge is 2.20. The first-order valence-corrected chi connectivity index (χ1v) is 6.61. The lowest BCUT2D eigenvalue weighted by atomic mass is 9.84. The number of carboxylic acids is 1. The van der Waals surface area contributed by atoms with E-state index < -0.39 is 16.7 Å². The fourth-order valence-corrected chi connectivity index (χ4v) is 1.91. The Labute approximate surface area is 122 Å². The average molecular weight is 298 g/mol. The van der Waals surface area contributed by atoms with Crippen molar-refractivity contribution in [1.82, 2.24) is 0 Å². The Morgan fingerprint density at radius 1 is 1.43 bits per heavy atom. The number of nitrogens with one attached hydrogen (secondary N) is 1. The highest BCUT2D eigenvalue weighted by atomic mass is 19.1. The topological polar surface area (TPSA) is 92.5 Å². The lowest BCUT2D eigenvalue weighted by molar-refractivity contribution is -0.384. The Morgan fingerprint density at radius 2 is 2.10 bits per heavy atom. The van der Waals surface area contributed by atoms with Gasteiger partial charge in [0.2, 0.25) is 0 Å². The normalized spacial score (nSPS) is 11.2. The molecule has 0 aliphatic rings. The molecule has 21 heavy (non-hydrogen) atoms. The van der Waals surface area contributed by atoms with E-state index >= 15 is 0 Å². The first-order valence-electron chi connectivity index (χ1n) is 6.61. The van der Waals surface area contributed by atoms with Gasteiger partial charge in [-0.2, -0.15) is 0 Å². The molecular weight excluding hydrogens is 279 g/mol. The lowest BCUT2D eigenvalue weighted by Gasteiger charge is -2.24. The molecule has 0 aliphatic heterocycles. The fourth-order valence-electron chi connectivity index (χ4n) is 1.91. The van der Waals surface area contributed by atoms with Crippen LogP contribution in [0.2, 0.25) is 0 Å². The Hall–Kier alpha value is -2.18. The van der Waals surface area contributed by atoms with Gasteiger partial charge in [-0.3, -0.25) is 14.9 Å². The summed E-state index contributed by atoms with van der Waals surface area (Å²) in [4.78, 5) is 20.8. The number of hydrogen-bond acceptors (Lipinski definition) is 4. The number of nitrogens with zero attached hydrogens (tertiary/aromatic N) is 1. The summed E-state index contributed by atoms with van der Waals surface area (Å²) in [6.45, 7) is 4.33. The van der Waals surface area contributed by atoms with Gasteiger partial charge >= 0.3 is 5.97 Å². The molecule has 6 nitrogen and oxygen atoms in total. The van der Waals surface area contributed by atoms with Crippen LogP contribution in [0.5, 0.6) is 0 Å². The van der Waals surface area contributed by atoms with E-state index in [1.165, 1.54) is 6.07 Å². The predicted octanol–water partition coefficient (Wildman–Crippen LogP) is 3.43. The number of nitro groups is 1. The highest BCUT2D eigenvalue weighted by Crippen LogP contribution is 2.29. The third-order valence-electron chi connectivity index (χ3n) is 3.29. The van der Waals surface area contributed by atoms with E-state index in [2.05, 4.69) is 5.32 Å². The number of carbonyl (C=O) groups is 1. The van der Waals surface area contributed by atoms with Gasteiger partial charge in [0, 0.05) is 13.0 Å². The van der Waals surface area contributed by atoms with Crippen molar-refractivity contribution in [3.8, 4) is 0 Å². The smallest absolute Gasteiger partial charge is 0.303 e. The third-order valence-corrected chi connectivity index (χ3v) is 3.29. The number of halogens is 1. The first-order chi connectivity index (χ1) is 9.71. The quantitative estimate of drug-likeness (QED) is 0.566. The van der Waals surface area contributed by atoms with Gasteiger partial charge in [0.1, 0.15) is 11.5 Å². The Balaban J connectivity index is 2.60. The molecule has 0 saturated heterocycles. The molecule has 0 unspecified atom stereocenters. The van der Waals surface area contributed by atoms with E-state index in [1.807, 2.05) is 13.8 Å². The van der Waals surface area contributed by atoms with Crippen molar-refractivity contribution in [1.29, 1.82) is 0 Å². The van der Waals surface area contributed by atoms with Gasteiger partial charge in [0.25, 0.3) is 5.69 Å². The summed E-state index contributed by atoms with van der Waals surface area (Å²) in [6.07, 6.45) is 1.26. The molecule has 0 fully saturated rings. The summed E-state index contributed by atoms with van der Waals surface area (Å²) in [6, 6.07) is 3.36. The Morgan fingerprint density at radius 3 is 2.67 bits per heavy atom. The third kappa shape index (κ3) is 5.76. The van der Waals surface area contributed by atoms with Crippen LogP contribution >= 0.6 is 0 Å². The molecule has 0 aromatic heterocycles. The molecule has 0 amide bonds. The minimum absolute atomic E-state index is 0.0870. The van der Waals surface area contributed by atoms with Gasteiger partial charge < -0.3 is 10.4 Å². The molecule has 0 heterocycles. The maximum Gasteiger partial charge on any atom is 0.303 e. The van der Waals surface area contributed by atoms with E-state index in [9.17, 15) is 19.3 Å².